The average Bonchev–Trinajstić information content (AvgIpc) is 3.59. The first-order chi connectivity index (χ1) is 22.5. The summed E-state index contributed by atoms with van der Waals surface area (Å²) in [4.78, 5) is 19.5. The predicted octanol–water partition coefficient (Wildman–Crippen LogP) is 7.84. The van der Waals surface area contributed by atoms with Crippen molar-refractivity contribution in [1.29, 1.82) is 0 Å². The quantitative estimate of drug-likeness (QED) is 0.168. The van der Waals surface area contributed by atoms with Gasteiger partial charge in [-0.25, -0.2) is 0 Å². The molecule has 2 aromatic heterocycles. The highest BCUT2D eigenvalue weighted by molar-refractivity contribution is 7.80. The summed E-state index contributed by atoms with van der Waals surface area (Å²) < 4.78 is 7.94. The minimum absolute atomic E-state index is 0.0773. The predicted molar refractivity (Wildman–Crippen MR) is 188 cm³/mol. The lowest BCUT2D eigenvalue weighted by molar-refractivity contribution is -0.118. The highest BCUT2D eigenvalue weighted by Crippen LogP contribution is 2.44. The van der Waals surface area contributed by atoms with Crippen molar-refractivity contribution in [3.63, 3.8) is 0 Å². The van der Waals surface area contributed by atoms with Crippen LogP contribution in [0, 0.1) is 13.8 Å². The van der Waals surface area contributed by atoms with Crippen molar-refractivity contribution in [3.8, 4) is 11.4 Å². The number of fused-ring (bicyclic) bond motifs is 1. The fourth-order valence-electron chi connectivity index (χ4n) is 6.38. The van der Waals surface area contributed by atoms with E-state index < -0.39 is 0 Å². The second kappa shape index (κ2) is 12.5. The third-order valence-electron chi connectivity index (χ3n) is 8.44. The number of benzene rings is 4. The number of para-hydroxylation sites is 1. The van der Waals surface area contributed by atoms with Crippen LogP contribution in [0.15, 0.2) is 128 Å². The molecule has 1 aliphatic heterocycles. The van der Waals surface area contributed by atoms with Crippen molar-refractivity contribution in [2.45, 2.75) is 25.9 Å². The second-order valence-corrected chi connectivity index (χ2v) is 11.7. The standard InChI is InChI=1S/C38H33N5O2S/c1-25-23-32(26(2)42(25)34-17-10-12-27-11-6-7-15-31(27)34)37-36(33-16-8-9-22-39-33)41-38(46)43(37)29-20-18-28(19-21-29)40-35(44)24-45-30-13-4-3-5-14-30/h3-23,36-37H,24H2,1-2H3,(H,40,44)(H,41,46)/t36-,37-/m0/s1. The summed E-state index contributed by atoms with van der Waals surface area (Å²) >= 11 is 5.99. The maximum atomic E-state index is 12.6. The SMILES string of the molecule is Cc1cc([C@H]2[C@H](c3ccccn3)NC(=S)N2c2ccc(NC(=O)COc3ccccc3)cc2)c(C)n1-c1cccc2ccccc12. The number of ether oxygens (including phenoxy) is 1. The molecule has 0 saturated carbocycles. The van der Waals surface area contributed by atoms with Gasteiger partial charge in [-0.05, 0) is 97.7 Å². The minimum atomic E-state index is -0.232. The van der Waals surface area contributed by atoms with Crippen LogP contribution < -0.4 is 20.3 Å². The van der Waals surface area contributed by atoms with Gasteiger partial charge in [0.15, 0.2) is 11.7 Å². The fraction of sp³-hybridized carbons (Fsp3) is 0.132. The Bertz CT molecular complexity index is 2020. The molecule has 7 nitrogen and oxygen atoms in total. The molecule has 3 heterocycles. The molecule has 0 bridgehead atoms. The highest BCUT2D eigenvalue weighted by atomic mass is 32.1. The van der Waals surface area contributed by atoms with Gasteiger partial charge in [-0.2, -0.15) is 0 Å². The first-order valence-electron chi connectivity index (χ1n) is 15.2. The van der Waals surface area contributed by atoms with Crippen LogP contribution in [0.2, 0.25) is 0 Å². The van der Waals surface area contributed by atoms with Crippen molar-refractivity contribution in [2.75, 3.05) is 16.8 Å². The van der Waals surface area contributed by atoms with Crippen molar-refractivity contribution in [3.05, 3.63) is 150 Å². The molecular weight excluding hydrogens is 591 g/mol. The molecule has 4 aromatic carbocycles. The number of rotatable bonds is 8. The normalized spacial score (nSPS) is 16.0. The van der Waals surface area contributed by atoms with Crippen LogP contribution in [0.1, 0.15) is 34.7 Å². The minimum Gasteiger partial charge on any atom is -0.484 e. The van der Waals surface area contributed by atoms with E-state index in [4.69, 9.17) is 21.9 Å². The number of hydrogen-bond acceptors (Lipinski definition) is 4. The first-order valence-corrected chi connectivity index (χ1v) is 15.6. The zero-order chi connectivity index (χ0) is 31.6. The number of anilines is 2. The zero-order valence-electron chi connectivity index (χ0n) is 25.6. The molecular formula is C38H33N5O2S. The molecule has 1 saturated heterocycles. The summed E-state index contributed by atoms with van der Waals surface area (Å²) in [5.41, 5.74) is 7.07. The molecule has 0 spiro atoms. The fourth-order valence-corrected chi connectivity index (χ4v) is 6.72. The van der Waals surface area contributed by atoms with E-state index in [0.717, 1.165) is 34.0 Å². The molecule has 0 unspecified atom stereocenters. The van der Waals surface area contributed by atoms with E-state index in [0.29, 0.717) is 16.5 Å². The molecule has 6 aromatic rings. The van der Waals surface area contributed by atoms with Crippen molar-refractivity contribution >= 4 is 45.4 Å². The number of aryl methyl sites for hydroxylation is 1. The molecule has 2 atom stereocenters. The van der Waals surface area contributed by atoms with Crippen LogP contribution in [0.3, 0.4) is 0 Å². The number of nitrogens with one attached hydrogen (secondary N) is 2. The number of nitrogens with zero attached hydrogens (tertiary/aromatic N) is 3. The molecule has 1 amide bonds. The van der Waals surface area contributed by atoms with E-state index in [-0.39, 0.29) is 24.6 Å². The van der Waals surface area contributed by atoms with E-state index >= 15 is 0 Å². The monoisotopic (exact) mass is 623 g/mol. The van der Waals surface area contributed by atoms with Crippen LogP contribution >= 0.6 is 12.2 Å². The van der Waals surface area contributed by atoms with E-state index in [1.807, 2.05) is 79.0 Å². The third kappa shape index (κ3) is 5.59. The molecule has 8 heteroatoms. The Morgan fingerprint density at radius 2 is 1.63 bits per heavy atom. The number of carbonyl (C=O) groups excluding carboxylic acids is 1. The molecule has 46 heavy (non-hydrogen) atoms. The number of thiocarbonyl (C=S) groups is 1. The Hall–Kier alpha value is -5.47. The van der Waals surface area contributed by atoms with Gasteiger partial charge in [0.2, 0.25) is 0 Å². The van der Waals surface area contributed by atoms with Gasteiger partial charge in [0, 0.05) is 34.3 Å². The van der Waals surface area contributed by atoms with Gasteiger partial charge < -0.3 is 24.8 Å². The third-order valence-corrected chi connectivity index (χ3v) is 8.75. The number of pyridine rings is 1. The van der Waals surface area contributed by atoms with Crippen LogP contribution in [-0.4, -0.2) is 27.2 Å². The van der Waals surface area contributed by atoms with Gasteiger partial charge in [0.25, 0.3) is 5.91 Å². The molecule has 1 aliphatic rings. The average molecular weight is 624 g/mol. The molecule has 228 valence electrons. The van der Waals surface area contributed by atoms with E-state index in [9.17, 15) is 4.79 Å². The summed E-state index contributed by atoms with van der Waals surface area (Å²) in [5.74, 6) is 0.417. The lowest BCUT2D eigenvalue weighted by Gasteiger charge is -2.28. The Morgan fingerprint density at radius 1 is 0.891 bits per heavy atom. The molecule has 1 fully saturated rings. The summed E-state index contributed by atoms with van der Waals surface area (Å²) in [5, 5.41) is 9.51. The summed E-state index contributed by atoms with van der Waals surface area (Å²) in [6.07, 6.45) is 1.82. The Morgan fingerprint density at radius 3 is 2.41 bits per heavy atom. The molecule has 2 N–H and O–H groups in total. The van der Waals surface area contributed by atoms with Gasteiger partial charge in [-0.1, -0.05) is 60.7 Å². The van der Waals surface area contributed by atoms with Crippen LogP contribution in [-0.2, 0) is 4.79 Å². The smallest absolute Gasteiger partial charge is 0.262 e. The second-order valence-electron chi connectivity index (χ2n) is 11.4. The Labute approximate surface area is 273 Å². The zero-order valence-corrected chi connectivity index (χ0v) is 26.4. The van der Waals surface area contributed by atoms with Gasteiger partial charge in [0.05, 0.1) is 23.5 Å². The topological polar surface area (TPSA) is 71.4 Å². The van der Waals surface area contributed by atoms with Crippen molar-refractivity contribution in [2.24, 2.45) is 0 Å². The number of amides is 1. The maximum Gasteiger partial charge on any atom is 0.262 e. The highest BCUT2D eigenvalue weighted by Gasteiger charge is 2.42. The largest absolute Gasteiger partial charge is 0.484 e. The molecule has 0 radical (unpaired) electrons. The van der Waals surface area contributed by atoms with Crippen molar-refractivity contribution < 1.29 is 9.53 Å². The number of carbonyl (C=O) groups is 1. The molecule has 7 rings (SSSR count). The number of hydrogen-bond donors (Lipinski definition) is 2. The molecule has 0 aliphatic carbocycles. The van der Waals surface area contributed by atoms with E-state index in [1.165, 1.54) is 10.8 Å². The summed E-state index contributed by atoms with van der Waals surface area (Å²) in [6, 6.07) is 39.8. The van der Waals surface area contributed by atoms with Gasteiger partial charge in [-0.3, -0.25) is 9.78 Å². The van der Waals surface area contributed by atoms with Gasteiger partial charge >= 0.3 is 0 Å². The summed E-state index contributed by atoms with van der Waals surface area (Å²) in [7, 11) is 0. The van der Waals surface area contributed by atoms with Gasteiger partial charge in [0.1, 0.15) is 5.75 Å². The Kier molecular flexibility index (Phi) is 7.95. The van der Waals surface area contributed by atoms with E-state index in [2.05, 4.69) is 82.5 Å². The van der Waals surface area contributed by atoms with Crippen molar-refractivity contribution in [1.82, 2.24) is 14.9 Å². The van der Waals surface area contributed by atoms with Crippen LogP contribution in [0.4, 0.5) is 11.4 Å². The van der Waals surface area contributed by atoms with Gasteiger partial charge in [-0.15, -0.1) is 0 Å². The number of aromatic nitrogens is 2. The maximum absolute atomic E-state index is 12.6. The Balaban J connectivity index is 1.22. The van der Waals surface area contributed by atoms with Crippen LogP contribution in [0.5, 0.6) is 5.75 Å². The lowest BCUT2D eigenvalue weighted by atomic mass is 9.96. The van der Waals surface area contributed by atoms with E-state index in [1.54, 1.807) is 0 Å². The van der Waals surface area contributed by atoms with Crippen LogP contribution in [0.25, 0.3) is 16.5 Å². The first kappa shape index (κ1) is 29.3. The summed E-state index contributed by atoms with van der Waals surface area (Å²) in [6.45, 7) is 4.25. The lowest BCUT2D eigenvalue weighted by Crippen LogP contribution is -2.29.